The summed E-state index contributed by atoms with van der Waals surface area (Å²) in [5, 5.41) is 2.68. The van der Waals surface area contributed by atoms with Gasteiger partial charge in [-0.05, 0) is 44.9 Å². The highest BCUT2D eigenvalue weighted by Crippen LogP contribution is 2.35. The Labute approximate surface area is 135 Å². The normalized spacial score (nSPS) is 23.0. The van der Waals surface area contributed by atoms with Gasteiger partial charge in [-0.25, -0.2) is 13.1 Å². The maximum Gasteiger partial charge on any atom is 0.268 e. The molecular weight excluding hydrogens is 320 g/mol. The minimum Gasteiger partial charge on any atom is -0.476 e. The van der Waals surface area contributed by atoms with E-state index >= 15 is 0 Å². The second-order valence-corrected chi connectivity index (χ2v) is 7.98. The van der Waals surface area contributed by atoms with Crippen LogP contribution in [0, 0.1) is 0 Å². The average Bonchev–Trinajstić information content (AvgIpc) is 2.99. The largest absolute Gasteiger partial charge is 0.476 e. The lowest BCUT2D eigenvalue weighted by molar-refractivity contribution is -0.129. The molecule has 0 aliphatic carbocycles. The number of sulfonamides is 1. The van der Waals surface area contributed by atoms with E-state index in [1.54, 1.807) is 19.9 Å². The summed E-state index contributed by atoms with van der Waals surface area (Å²) in [5.41, 5.74) is -0.625. The van der Waals surface area contributed by atoms with Crippen molar-refractivity contribution < 1.29 is 22.7 Å². The summed E-state index contributed by atoms with van der Waals surface area (Å²) in [4.78, 5) is 12.0. The number of benzene rings is 1. The zero-order valence-electron chi connectivity index (χ0n) is 13.1. The Balaban J connectivity index is 1.78. The Morgan fingerprint density at radius 3 is 2.87 bits per heavy atom. The molecule has 2 N–H and O–H groups in total. The van der Waals surface area contributed by atoms with Gasteiger partial charge in [-0.2, -0.15) is 0 Å². The fourth-order valence-electron chi connectivity index (χ4n) is 2.55. The van der Waals surface area contributed by atoms with Gasteiger partial charge in [-0.1, -0.05) is 0 Å². The van der Waals surface area contributed by atoms with Crippen molar-refractivity contribution in [2.24, 2.45) is 0 Å². The SMILES string of the molecule is CC1(C)Oc2ccc(S(=O)(=O)NC[C@@H]3CCCO3)cc2NC1=O. The third-order valence-corrected chi connectivity index (χ3v) is 5.37. The first kappa shape index (κ1) is 16.2. The van der Waals surface area contributed by atoms with Crippen molar-refractivity contribution >= 4 is 21.6 Å². The van der Waals surface area contributed by atoms with E-state index in [9.17, 15) is 13.2 Å². The average molecular weight is 340 g/mol. The minimum atomic E-state index is -3.66. The molecule has 2 heterocycles. The molecule has 7 nitrogen and oxygen atoms in total. The molecule has 1 fully saturated rings. The van der Waals surface area contributed by atoms with Crippen LogP contribution >= 0.6 is 0 Å². The number of hydrogen-bond acceptors (Lipinski definition) is 5. The standard InChI is InChI=1S/C15H20N2O5S/c1-15(2)14(18)17-12-8-11(5-6-13(12)22-15)23(19,20)16-9-10-4-3-7-21-10/h5-6,8,10,16H,3-4,7,9H2,1-2H3,(H,17,18)/t10-/m0/s1. The Kier molecular flexibility index (Phi) is 4.07. The topological polar surface area (TPSA) is 93.7 Å². The monoisotopic (exact) mass is 340 g/mol. The van der Waals surface area contributed by atoms with Crippen LogP contribution in [0.3, 0.4) is 0 Å². The van der Waals surface area contributed by atoms with Gasteiger partial charge in [0, 0.05) is 13.2 Å². The van der Waals surface area contributed by atoms with Gasteiger partial charge >= 0.3 is 0 Å². The number of anilines is 1. The van der Waals surface area contributed by atoms with Gasteiger partial charge in [-0.3, -0.25) is 4.79 Å². The molecule has 1 saturated heterocycles. The summed E-state index contributed by atoms with van der Waals surface area (Å²) in [6, 6.07) is 4.42. The van der Waals surface area contributed by atoms with Crippen LogP contribution in [0.15, 0.2) is 23.1 Å². The van der Waals surface area contributed by atoms with Gasteiger partial charge in [0.1, 0.15) is 5.75 Å². The Hall–Kier alpha value is -1.64. The first-order chi connectivity index (χ1) is 10.8. The van der Waals surface area contributed by atoms with Crippen LogP contribution in [-0.4, -0.2) is 39.2 Å². The van der Waals surface area contributed by atoms with Crippen LogP contribution in [0.2, 0.25) is 0 Å². The summed E-state index contributed by atoms with van der Waals surface area (Å²) in [6.45, 7) is 4.22. The number of ether oxygens (including phenoxy) is 2. The molecule has 8 heteroatoms. The number of carbonyl (C=O) groups is 1. The fourth-order valence-corrected chi connectivity index (χ4v) is 3.64. The maximum atomic E-state index is 12.4. The molecule has 126 valence electrons. The van der Waals surface area contributed by atoms with Crippen LogP contribution < -0.4 is 14.8 Å². The summed E-state index contributed by atoms with van der Waals surface area (Å²) in [7, 11) is -3.66. The Morgan fingerprint density at radius 1 is 1.39 bits per heavy atom. The molecule has 0 saturated carbocycles. The van der Waals surface area contributed by atoms with Crippen molar-refractivity contribution in [3.8, 4) is 5.75 Å². The van der Waals surface area contributed by atoms with E-state index < -0.39 is 15.6 Å². The summed E-state index contributed by atoms with van der Waals surface area (Å²) in [5.74, 6) is 0.138. The van der Waals surface area contributed by atoms with E-state index in [2.05, 4.69) is 10.0 Å². The fraction of sp³-hybridized carbons (Fsp3) is 0.533. The van der Waals surface area contributed by atoms with Crippen LogP contribution in [0.25, 0.3) is 0 Å². The van der Waals surface area contributed by atoms with Crippen molar-refractivity contribution in [1.29, 1.82) is 0 Å². The maximum absolute atomic E-state index is 12.4. The minimum absolute atomic E-state index is 0.0776. The molecule has 1 aromatic carbocycles. The molecule has 1 amide bonds. The molecule has 0 radical (unpaired) electrons. The van der Waals surface area contributed by atoms with Crippen LogP contribution in [0.1, 0.15) is 26.7 Å². The smallest absolute Gasteiger partial charge is 0.268 e. The van der Waals surface area contributed by atoms with Crippen LogP contribution in [0.4, 0.5) is 5.69 Å². The molecule has 0 aromatic heterocycles. The number of nitrogens with one attached hydrogen (secondary N) is 2. The molecule has 0 bridgehead atoms. The molecule has 2 aliphatic heterocycles. The van der Waals surface area contributed by atoms with E-state index in [0.29, 0.717) is 18.0 Å². The number of carbonyl (C=O) groups excluding carboxylic acids is 1. The first-order valence-electron chi connectivity index (χ1n) is 7.54. The lowest BCUT2D eigenvalue weighted by atomic mass is 10.1. The predicted octanol–water partition coefficient (Wildman–Crippen LogP) is 1.25. The van der Waals surface area contributed by atoms with E-state index in [1.165, 1.54) is 12.1 Å². The molecule has 0 unspecified atom stereocenters. The van der Waals surface area contributed by atoms with Crippen molar-refractivity contribution in [2.75, 3.05) is 18.5 Å². The quantitative estimate of drug-likeness (QED) is 0.860. The lowest BCUT2D eigenvalue weighted by Crippen LogP contribution is -2.45. The molecule has 1 aromatic rings. The molecular formula is C15H20N2O5S. The predicted molar refractivity (Wildman–Crippen MR) is 83.9 cm³/mol. The number of amides is 1. The van der Waals surface area contributed by atoms with Gasteiger partial charge in [0.05, 0.1) is 16.7 Å². The highest BCUT2D eigenvalue weighted by Gasteiger charge is 2.35. The van der Waals surface area contributed by atoms with Gasteiger partial charge in [0.2, 0.25) is 10.0 Å². The highest BCUT2D eigenvalue weighted by atomic mass is 32.2. The zero-order valence-corrected chi connectivity index (χ0v) is 13.9. The van der Waals surface area contributed by atoms with Crippen molar-refractivity contribution in [3.63, 3.8) is 0 Å². The second-order valence-electron chi connectivity index (χ2n) is 6.21. The number of fused-ring (bicyclic) bond motifs is 1. The highest BCUT2D eigenvalue weighted by molar-refractivity contribution is 7.89. The molecule has 23 heavy (non-hydrogen) atoms. The number of rotatable bonds is 4. The Bertz CT molecular complexity index is 723. The molecule has 1 atom stereocenters. The van der Waals surface area contributed by atoms with Crippen LogP contribution in [0.5, 0.6) is 5.75 Å². The van der Waals surface area contributed by atoms with Crippen molar-refractivity contribution in [1.82, 2.24) is 4.72 Å². The summed E-state index contributed by atoms with van der Waals surface area (Å²) < 4.78 is 38.3. The van der Waals surface area contributed by atoms with Gasteiger partial charge in [0.15, 0.2) is 5.60 Å². The van der Waals surface area contributed by atoms with Crippen LogP contribution in [-0.2, 0) is 19.6 Å². The zero-order chi connectivity index (χ0) is 16.7. The molecule has 2 aliphatic rings. The van der Waals surface area contributed by atoms with Gasteiger partial charge in [-0.15, -0.1) is 0 Å². The van der Waals surface area contributed by atoms with Gasteiger partial charge in [0.25, 0.3) is 5.91 Å². The summed E-state index contributed by atoms with van der Waals surface area (Å²) in [6.07, 6.45) is 1.72. The third kappa shape index (κ3) is 3.34. The van der Waals surface area contributed by atoms with E-state index in [-0.39, 0.29) is 23.5 Å². The molecule has 3 rings (SSSR count). The second kappa shape index (κ2) is 5.77. The molecule has 0 spiro atoms. The Morgan fingerprint density at radius 2 is 2.17 bits per heavy atom. The van der Waals surface area contributed by atoms with E-state index in [1.807, 2.05) is 0 Å². The van der Waals surface area contributed by atoms with Crippen molar-refractivity contribution in [2.45, 2.75) is 43.3 Å². The third-order valence-electron chi connectivity index (χ3n) is 3.95. The first-order valence-corrected chi connectivity index (χ1v) is 9.02. The number of hydrogen-bond donors (Lipinski definition) is 2. The van der Waals surface area contributed by atoms with Gasteiger partial charge < -0.3 is 14.8 Å². The van der Waals surface area contributed by atoms with Crippen molar-refractivity contribution in [3.05, 3.63) is 18.2 Å². The van der Waals surface area contributed by atoms with E-state index in [4.69, 9.17) is 9.47 Å². The lowest BCUT2D eigenvalue weighted by Gasteiger charge is -2.31. The summed E-state index contributed by atoms with van der Waals surface area (Å²) >= 11 is 0. The van der Waals surface area contributed by atoms with E-state index in [0.717, 1.165) is 12.8 Å².